The van der Waals surface area contributed by atoms with E-state index in [9.17, 15) is 5.11 Å². The molecule has 0 fully saturated rings. The number of hydrogen-bond donors (Lipinski definition) is 2. The van der Waals surface area contributed by atoms with Gasteiger partial charge in [0.05, 0.1) is 6.10 Å². The molecule has 2 nitrogen and oxygen atoms in total. The Bertz CT molecular complexity index is 314. The molecule has 1 aromatic carbocycles. The number of halogens is 1. The maximum atomic E-state index is 9.82. The van der Waals surface area contributed by atoms with Crippen molar-refractivity contribution in [3.05, 3.63) is 34.3 Å². The normalized spacial score (nSPS) is 15.2. The third-order valence-electron chi connectivity index (χ3n) is 2.41. The Morgan fingerprint density at radius 2 is 2.14 bits per heavy atom. The van der Waals surface area contributed by atoms with E-state index >= 15 is 0 Å². The van der Waals surface area contributed by atoms with Crippen LogP contribution in [-0.4, -0.2) is 11.1 Å². The number of aliphatic hydroxyl groups excluding tert-OH is 1. The lowest BCUT2D eigenvalue weighted by atomic mass is 10.0. The summed E-state index contributed by atoms with van der Waals surface area (Å²) >= 11 is 5.95. The van der Waals surface area contributed by atoms with Crippen LogP contribution in [-0.2, 0) is 0 Å². The third kappa shape index (κ3) is 2.47. The average Bonchev–Trinajstić information content (AvgIpc) is 2.20. The quantitative estimate of drug-likeness (QED) is 0.810. The van der Waals surface area contributed by atoms with E-state index in [0.717, 1.165) is 17.5 Å². The molecular weight excluding hydrogens is 198 g/mol. The van der Waals surface area contributed by atoms with Crippen LogP contribution >= 0.6 is 11.6 Å². The predicted octanol–water partition coefficient (Wildman–Crippen LogP) is 2.42. The van der Waals surface area contributed by atoms with E-state index in [0.29, 0.717) is 5.02 Å². The monoisotopic (exact) mass is 213 g/mol. The van der Waals surface area contributed by atoms with E-state index < -0.39 is 6.10 Å². The van der Waals surface area contributed by atoms with E-state index in [1.54, 1.807) is 6.07 Å². The van der Waals surface area contributed by atoms with Crippen LogP contribution in [0.5, 0.6) is 0 Å². The maximum absolute atomic E-state index is 9.82. The molecule has 0 bridgehead atoms. The van der Waals surface area contributed by atoms with Gasteiger partial charge in [-0.2, -0.15) is 0 Å². The van der Waals surface area contributed by atoms with Gasteiger partial charge in [0, 0.05) is 11.1 Å². The molecule has 0 amide bonds. The van der Waals surface area contributed by atoms with E-state index in [2.05, 4.69) is 0 Å². The lowest BCUT2D eigenvalue weighted by Crippen LogP contribution is -2.27. The first-order valence-corrected chi connectivity index (χ1v) is 5.13. The lowest BCUT2D eigenvalue weighted by Gasteiger charge is -2.17. The van der Waals surface area contributed by atoms with Crippen molar-refractivity contribution in [1.29, 1.82) is 0 Å². The van der Waals surface area contributed by atoms with Crippen LogP contribution in [0.2, 0.25) is 5.02 Å². The summed E-state index contributed by atoms with van der Waals surface area (Å²) in [6.07, 6.45) is 0.116. The molecule has 0 unspecified atom stereocenters. The second kappa shape index (κ2) is 4.78. The standard InChI is InChI=1S/C11H16ClNO/c1-3-10(13)11(14)8-5-4-7(2)9(12)6-8/h4-6,10-11,14H,3,13H2,1-2H3/t10-,11-/m1/s1. The zero-order valence-electron chi connectivity index (χ0n) is 8.50. The highest BCUT2D eigenvalue weighted by Gasteiger charge is 2.15. The number of rotatable bonds is 3. The highest BCUT2D eigenvalue weighted by molar-refractivity contribution is 6.31. The van der Waals surface area contributed by atoms with Gasteiger partial charge in [0.25, 0.3) is 0 Å². The Morgan fingerprint density at radius 1 is 1.50 bits per heavy atom. The fourth-order valence-corrected chi connectivity index (χ4v) is 1.45. The molecule has 0 aliphatic carbocycles. The molecule has 0 aliphatic rings. The van der Waals surface area contributed by atoms with Gasteiger partial charge in [-0.3, -0.25) is 0 Å². The van der Waals surface area contributed by atoms with E-state index in [1.165, 1.54) is 0 Å². The van der Waals surface area contributed by atoms with Crippen molar-refractivity contribution in [1.82, 2.24) is 0 Å². The van der Waals surface area contributed by atoms with Crippen LogP contribution in [0, 0.1) is 6.92 Å². The third-order valence-corrected chi connectivity index (χ3v) is 2.82. The first-order chi connectivity index (χ1) is 6.56. The van der Waals surface area contributed by atoms with Gasteiger partial charge in [0.2, 0.25) is 0 Å². The first-order valence-electron chi connectivity index (χ1n) is 4.76. The summed E-state index contributed by atoms with van der Waals surface area (Å²) in [4.78, 5) is 0. The Morgan fingerprint density at radius 3 is 2.64 bits per heavy atom. The fourth-order valence-electron chi connectivity index (χ4n) is 1.26. The minimum absolute atomic E-state index is 0.228. The van der Waals surface area contributed by atoms with Gasteiger partial charge < -0.3 is 10.8 Å². The van der Waals surface area contributed by atoms with Crippen molar-refractivity contribution in [3.8, 4) is 0 Å². The largest absolute Gasteiger partial charge is 0.387 e. The van der Waals surface area contributed by atoms with Gasteiger partial charge in [0.1, 0.15) is 0 Å². The number of nitrogens with two attached hydrogens (primary N) is 1. The topological polar surface area (TPSA) is 46.2 Å². The Kier molecular flexibility index (Phi) is 3.93. The fraction of sp³-hybridized carbons (Fsp3) is 0.455. The Balaban J connectivity index is 2.91. The average molecular weight is 214 g/mol. The van der Waals surface area contributed by atoms with Crippen LogP contribution in [0.4, 0.5) is 0 Å². The number of hydrogen-bond acceptors (Lipinski definition) is 2. The summed E-state index contributed by atoms with van der Waals surface area (Å²) in [6, 6.07) is 5.30. The van der Waals surface area contributed by atoms with E-state index in [4.69, 9.17) is 17.3 Å². The molecular formula is C11H16ClNO. The van der Waals surface area contributed by atoms with Gasteiger partial charge in [0.15, 0.2) is 0 Å². The smallest absolute Gasteiger partial charge is 0.0941 e. The summed E-state index contributed by atoms with van der Waals surface area (Å²) in [5.74, 6) is 0. The molecule has 78 valence electrons. The highest BCUT2D eigenvalue weighted by Crippen LogP contribution is 2.23. The van der Waals surface area contributed by atoms with Crippen molar-refractivity contribution < 1.29 is 5.11 Å². The second-order valence-corrected chi connectivity index (χ2v) is 3.93. The molecule has 0 aromatic heterocycles. The SMILES string of the molecule is CC[C@@H](N)[C@H](O)c1ccc(C)c(Cl)c1. The summed E-state index contributed by atoms with van der Waals surface area (Å²) in [7, 11) is 0. The van der Waals surface area contributed by atoms with Gasteiger partial charge >= 0.3 is 0 Å². The second-order valence-electron chi connectivity index (χ2n) is 3.53. The highest BCUT2D eigenvalue weighted by atomic mass is 35.5. The van der Waals surface area contributed by atoms with Crippen molar-refractivity contribution in [2.24, 2.45) is 5.73 Å². The van der Waals surface area contributed by atoms with Crippen molar-refractivity contribution in [2.45, 2.75) is 32.4 Å². The van der Waals surface area contributed by atoms with Gasteiger partial charge in [-0.1, -0.05) is 30.7 Å². The zero-order valence-corrected chi connectivity index (χ0v) is 9.25. The Hall–Kier alpha value is -0.570. The summed E-state index contributed by atoms with van der Waals surface area (Å²) in [5.41, 5.74) is 7.54. The predicted molar refractivity (Wildman–Crippen MR) is 59.4 cm³/mol. The van der Waals surface area contributed by atoms with Gasteiger partial charge in [-0.05, 0) is 30.5 Å². The molecule has 0 radical (unpaired) electrons. The molecule has 1 rings (SSSR count). The van der Waals surface area contributed by atoms with Crippen LogP contribution in [0.3, 0.4) is 0 Å². The molecule has 0 spiro atoms. The van der Waals surface area contributed by atoms with Crippen LogP contribution in [0.1, 0.15) is 30.6 Å². The Labute approximate surface area is 89.7 Å². The van der Waals surface area contributed by atoms with Crippen LogP contribution in [0.25, 0.3) is 0 Å². The molecule has 3 N–H and O–H groups in total. The summed E-state index contributed by atoms with van der Waals surface area (Å²) in [5, 5.41) is 10.5. The molecule has 0 saturated heterocycles. The molecule has 1 aromatic rings. The molecule has 0 aliphatic heterocycles. The molecule has 0 saturated carbocycles. The van der Waals surface area contributed by atoms with Gasteiger partial charge in [-0.15, -0.1) is 0 Å². The van der Waals surface area contributed by atoms with Crippen molar-refractivity contribution in [2.75, 3.05) is 0 Å². The maximum Gasteiger partial charge on any atom is 0.0941 e. The number of aliphatic hydroxyl groups is 1. The molecule has 14 heavy (non-hydrogen) atoms. The number of aryl methyl sites for hydroxylation is 1. The molecule has 2 atom stereocenters. The van der Waals surface area contributed by atoms with Gasteiger partial charge in [-0.25, -0.2) is 0 Å². The van der Waals surface area contributed by atoms with E-state index in [-0.39, 0.29) is 6.04 Å². The zero-order chi connectivity index (χ0) is 10.7. The molecule has 0 heterocycles. The summed E-state index contributed by atoms with van der Waals surface area (Å²) < 4.78 is 0. The minimum atomic E-state index is -0.627. The minimum Gasteiger partial charge on any atom is -0.387 e. The van der Waals surface area contributed by atoms with Crippen LogP contribution in [0.15, 0.2) is 18.2 Å². The first kappa shape index (κ1) is 11.5. The van der Waals surface area contributed by atoms with Crippen molar-refractivity contribution in [3.63, 3.8) is 0 Å². The van der Waals surface area contributed by atoms with E-state index in [1.807, 2.05) is 26.0 Å². The van der Waals surface area contributed by atoms with Crippen LogP contribution < -0.4 is 5.73 Å². The number of benzene rings is 1. The van der Waals surface area contributed by atoms with Crippen molar-refractivity contribution >= 4 is 11.6 Å². The molecule has 3 heteroatoms. The summed E-state index contributed by atoms with van der Waals surface area (Å²) in [6.45, 7) is 3.88. The lowest BCUT2D eigenvalue weighted by molar-refractivity contribution is 0.144.